The van der Waals surface area contributed by atoms with E-state index in [0.717, 1.165) is 0 Å². The lowest BCUT2D eigenvalue weighted by molar-refractivity contribution is -0.248. The van der Waals surface area contributed by atoms with Crippen molar-refractivity contribution < 1.29 is 43.2 Å². The smallest absolute Gasteiger partial charge is 0.339 e. The molecular formula is C28H34O9. The lowest BCUT2D eigenvalue weighted by atomic mass is 9.35. The van der Waals surface area contributed by atoms with Crippen molar-refractivity contribution in [2.75, 3.05) is 0 Å². The minimum atomic E-state index is -1.51. The van der Waals surface area contributed by atoms with E-state index >= 15 is 0 Å². The van der Waals surface area contributed by atoms with Gasteiger partial charge in [-0.2, -0.15) is 0 Å². The lowest BCUT2D eigenvalue weighted by Crippen LogP contribution is -2.74. The Balaban J connectivity index is 1.54. The first kappa shape index (κ1) is 24.8. The molecule has 1 spiro atoms. The summed E-state index contributed by atoms with van der Waals surface area (Å²) in [5.74, 6) is -1.83. The van der Waals surface area contributed by atoms with Crippen LogP contribution in [0.15, 0.2) is 23.8 Å². The van der Waals surface area contributed by atoms with Crippen LogP contribution in [0.2, 0.25) is 0 Å². The molecular weight excluding hydrogens is 480 g/mol. The van der Waals surface area contributed by atoms with Gasteiger partial charge in [-0.15, -0.1) is 0 Å². The van der Waals surface area contributed by atoms with Crippen molar-refractivity contribution in [1.29, 1.82) is 0 Å². The molecule has 9 heteroatoms. The highest BCUT2D eigenvalue weighted by atomic mass is 16.7. The fraction of sp³-hybridized carbons (Fsp3) is 0.714. The van der Waals surface area contributed by atoms with Crippen molar-refractivity contribution in [2.45, 2.75) is 91.0 Å². The number of allylic oxidation sites excluding steroid dienone is 2. The van der Waals surface area contributed by atoms with Crippen molar-refractivity contribution in [3.8, 4) is 0 Å². The molecule has 6 rings (SSSR count). The zero-order valence-corrected chi connectivity index (χ0v) is 22.0. The monoisotopic (exact) mass is 514 g/mol. The molecule has 200 valence electrons. The molecule has 1 unspecified atom stereocenters. The standard InChI is InChI=1S/C28H34O9/c1-13(29)34-18-12-16-24(2,3)17(30)8-9-25(16,4)15-7-10-26(5)20(14-11-19(31)35-22(14)32)36-23(33)21-28(26,37-21)27(15,18)6/h8-9,11,15-16,18,20-22,32H,7,10,12H2,1-6H3/t15-,16+,18-,20+,21-,22?,25-,26+,27+,28-/m1/s1. The van der Waals surface area contributed by atoms with Crippen molar-refractivity contribution in [2.24, 2.45) is 33.5 Å². The van der Waals surface area contributed by atoms with Crippen molar-refractivity contribution >= 4 is 23.7 Å². The molecule has 37 heavy (non-hydrogen) atoms. The van der Waals surface area contributed by atoms with E-state index in [9.17, 15) is 24.3 Å². The molecule has 10 atom stereocenters. The number of hydrogen-bond donors (Lipinski definition) is 1. The summed E-state index contributed by atoms with van der Waals surface area (Å²) in [5, 5.41) is 10.5. The molecule has 0 aromatic carbocycles. The Morgan fingerprint density at radius 2 is 1.76 bits per heavy atom. The number of carbonyl (C=O) groups is 4. The number of ether oxygens (including phenoxy) is 4. The van der Waals surface area contributed by atoms with E-state index < -0.39 is 69.8 Å². The molecule has 0 aromatic heterocycles. The second-order valence-corrected chi connectivity index (χ2v) is 12.9. The van der Waals surface area contributed by atoms with E-state index in [-0.39, 0.29) is 23.2 Å². The molecule has 0 bridgehead atoms. The zero-order valence-electron chi connectivity index (χ0n) is 22.0. The normalized spacial score (nSPS) is 51.0. The molecule has 3 heterocycles. The molecule has 9 nitrogen and oxygen atoms in total. The van der Waals surface area contributed by atoms with Gasteiger partial charge in [0.05, 0.1) is 0 Å². The van der Waals surface area contributed by atoms with Gasteiger partial charge in [0.1, 0.15) is 17.8 Å². The van der Waals surface area contributed by atoms with E-state index in [1.165, 1.54) is 13.0 Å². The van der Waals surface area contributed by atoms with Gasteiger partial charge in [-0.3, -0.25) is 9.59 Å². The van der Waals surface area contributed by atoms with Crippen LogP contribution in [0.1, 0.15) is 60.8 Å². The number of aliphatic hydroxyl groups excluding tert-OH is 1. The second kappa shape index (κ2) is 7.11. The summed E-state index contributed by atoms with van der Waals surface area (Å²) in [5.41, 5.74) is -3.60. The number of rotatable bonds is 2. The Labute approximate surface area is 215 Å². The first-order valence-electron chi connectivity index (χ1n) is 13.0. The summed E-state index contributed by atoms with van der Waals surface area (Å²) in [6.45, 7) is 11.4. The maximum absolute atomic E-state index is 13.3. The Hall–Kier alpha value is -2.52. The van der Waals surface area contributed by atoms with Gasteiger partial charge < -0.3 is 24.1 Å². The van der Waals surface area contributed by atoms with Gasteiger partial charge in [0.2, 0.25) is 6.29 Å². The minimum Gasteiger partial charge on any atom is -0.462 e. The number of fused-ring (bicyclic) bond motifs is 3. The number of epoxide rings is 1. The highest BCUT2D eigenvalue weighted by Crippen LogP contribution is 2.78. The second-order valence-electron chi connectivity index (χ2n) is 12.9. The van der Waals surface area contributed by atoms with Gasteiger partial charge in [0.25, 0.3) is 0 Å². The SMILES string of the molecule is CC(=O)O[C@@H]1C[C@H]2C(C)(C)C(=O)C=C[C@]2(C)[C@H]2CC[C@@]3(C)[C@H](C4=CC(=O)OC4O)OC(=O)[C@H]4O[C@]43[C@@]21C. The predicted octanol–water partition coefficient (Wildman–Crippen LogP) is 2.40. The van der Waals surface area contributed by atoms with E-state index in [0.29, 0.717) is 19.3 Å². The average molecular weight is 515 g/mol. The van der Waals surface area contributed by atoms with E-state index in [1.807, 2.05) is 33.8 Å². The third-order valence-corrected chi connectivity index (χ3v) is 11.1. The van der Waals surface area contributed by atoms with E-state index in [1.54, 1.807) is 6.08 Å². The van der Waals surface area contributed by atoms with Crippen LogP contribution in [0, 0.1) is 33.5 Å². The van der Waals surface area contributed by atoms with Gasteiger partial charge in [0.15, 0.2) is 11.9 Å². The van der Waals surface area contributed by atoms with Crippen LogP contribution in [0.25, 0.3) is 0 Å². The van der Waals surface area contributed by atoms with Crippen molar-refractivity contribution in [3.05, 3.63) is 23.8 Å². The van der Waals surface area contributed by atoms with Gasteiger partial charge >= 0.3 is 17.9 Å². The highest BCUT2D eigenvalue weighted by molar-refractivity contribution is 5.96. The van der Waals surface area contributed by atoms with Crippen LogP contribution in [-0.4, -0.2) is 59.0 Å². The quantitative estimate of drug-likeness (QED) is 0.335. The molecule has 0 aromatic rings. The summed E-state index contributed by atoms with van der Waals surface area (Å²) in [6.07, 6.45) is 2.63. The maximum Gasteiger partial charge on any atom is 0.339 e. The number of cyclic esters (lactones) is 2. The van der Waals surface area contributed by atoms with Crippen LogP contribution in [0.4, 0.5) is 0 Å². The predicted molar refractivity (Wildman–Crippen MR) is 126 cm³/mol. The average Bonchev–Trinajstić information content (AvgIpc) is 3.49. The summed E-state index contributed by atoms with van der Waals surface area (Å²) in [4.78, 5) is 50.7. The van der Waals surface area contributed by atoms with Crippen LogP contribution in [-0.2, 0) is 38.1 Å². The third kappa shape index (κ3) is 2.72. The van der Waals surface area contributed by atoms with E-state index in [4.69, 9.17) is 18.9 Å². The van der Waals surface area contributed by atoms with E-state index in [2.05, 4.69) is 6.92 Å². The highest BCUT2D eigenvalue weighted by Gasteiger charge is 2.88. The van der Waals surface area contributed by atoms with Crippen molar-refractivity contribution in [3.63, 3.8) is 0 Å². The van der Waals surface area contributed by atoms with Gasteiger partial charge in [-0.1, -0.05) is 40.7 Å². The molecule has 6 aliphatic rings. The Kier molecular flexibility index (Phi) is 4.77. The van der Waals surface area contributed by atoms with Crippen LogP contribution in [0.3, 0.4) is 0 Å². The molecule has 0 radical (unpaired) electrons. The summed E-state index contributed by atoms with van der Waals surface area (Å²) in [7, 11) is 0. The zero-order chi connectivity index (χ0) is 26.9. The first-order chi connectivity index (χ1) is 17.1. The first-order valence-corrected chi connectivity index (χ1v) is 13.0. The molecule has 2 saturated heterocycles. The van der Waals surface area contributed by atoms with Crippen LogP contribution >= 0.6 is 0 Å². The third-order valence-electron chi connectivity index (χ3n) is 11.1. The molecule has 3 aliphatic heterocycles. The number of ketones is 1. The summed E-state index contributed by atoms with van der Waals surface area (Å²) < 4.78 is 23.3. The number of hydrogen-bond acceptors (Lipinski definition) is 9. The topological polar surface area (TPSA) is 129 Å². The Morgan fingerprint density at radius 1 is 1.05 bits per heavy atom. The Bertz CT molecular complexity index is 1200. The maximum atomic E-state index is 13.3. The van der Waals surface area contributed by atoms with Crippen LogP contribution < -0.4 is 0 Å². The number of carbonyl (C=O) groups excluding carboxylic acids is 4. The Morgan fingerprint density at radius 3 is 2.38 bits per heavy atom. The lowest BCUT2D eigenvalue weighted by Gasteiger charge is -2.68. The summed E-state index contributed by atoms with van der Waals surface area (Å²) in [6, 6.07) is 0. The van der Waals surface area contributed by atoms with Gasteiger partial charge in [-0.25, -0.2) is 9.59 Å². The number of aliphatic hydroxyl groups is 1. The van der Waals surface area contributed by atoms with Crippen LogP contribution in [0.5, 0.6) is 0 Å². The van der Waals surface area contributed by atoms with Gasteiger partial charge in [0, 0.05) is 34.8 Å². The largest absolute Gasteiger partial charge is 0.462 e. The van der Waals surface area contributed by atoms with Crippen molar-refractivity contribution in [1.82, 2.24) is 0 Å². The molecule has 0 amide bonds. The fourth-order valence-corrected chi connectivity index (χ4v) is 9.40. The minimum absolute atomic E-state index is 0.0487. The summed E-state index contributed by atoms with van der Waals surface area (Å²) >= 11 is 0. The molecule has 4 fully saturated rings. The fourth-order valence-electron chi connectivity index (χ4n) is 9.40. The molecule has 2 saturated carbocycles. The van der Waals surface area contributed by atoms with Gasteiger partial charge in [-0.05, 0) is 42.6 Å². The molecule has 1 N–H and O–H groups in total. The molecule has 3 aliphatic carbocycles. The number of esters is 3.